The van der Waals surface area contributed by atoms with Gasteiger partial charge in [0.1, 0.15) is 0 Å². The predicted molar refractivity (Wildman–Crippen MR) is 81.5 cm³/mol. The Labute approximate surface area is 119 Å². The van der Waals surface area contributed by atoms with Gasteiger partial charge in [-0.15, -0.1) is 0 Å². The lowest BCUT2D eigenvalue weighted by molar-refractivity contribution is 0.0958. The Hall–Kier alpha value is -2.35. The highest BCUT2D eigenvalue weighted by atomic mass is 16.1. The van der Waals surface area contributed by atoms with Crippen molar-refractivity contribution in [2.45, 2.75) is 12.8 Å². The summed E-state index contributed by atoms with van der Waals surface area (Å²) < 4.78 is 0. The van der Waals surface area contributed by atoms with Crippen molar-refractivity contribution >= 4 is 11.5 Å². The van der Waals surface area contributed by atoms with Gasteiger partial charge >= 0.3 is 0 Å². The number of carbonyl (C=O) groups is 1. The molecule has 20 heavy (non-hydrogen) atoms. The molecule has 2 aromatic carbocycles. The second-order valence-electron chi connectivity index (χ2n) is 4.97. The second kappa shape index (κ2) is 5.74. The van der Waals surface area contributed by atoms with Crippen molar-refractivity contribution in [3.63, 3.8) is 0 Å². The van der Waals surface area contributed by atoms with E-state index < -0.39 is 0 Å². The molecule has 1 aliphatic carbocycles. The van der Waals surface area contributed by atoms with E-state index in [1.165, 1.54) is 16.7 Å². The summed E-state index contributed by atoms with van der Waals surface area (Å²) in [4.78, 5) is 12.1. The number of nitrogens with one attached hydrogen (secondary N) is 1. The van der Waals surface area contributed by atoms with E-state index in [-0.39, 0.29) is 5.91 Å². The molecule has 0 fully saturated rings. The number of benzene rings is 2. The number of allylic oxidation sites excluding steroid dienone is 1. The van der Waals surface area contributed by atoms with Gasteiger partial charge in [0.25, 0.3) is 5.91 Å². The van der Waals surface area contributed by atoms with Crippen LogP contribution in [0.15, 0.2) is 60.7 Å². The monoisotopic (exact) mass is 263 g/mol. The molecule has 1 N–H and O–H groups in total. The predicted octanol–water partition coefficient (Wildman–Crippen LogP) is 3.45. The Morgan fingerprint density at radius 3 is 2.60 bits per heavy atom. The van der Waals surface area contributed by atoms with Gasteiger partial charge in [0, 0.05) is 12.1 Å². The van der Waals surface area contributed by atoms with Gasteiger partial charge in [-0.2, -0.15) is 0 Å². The molecule has 0 unspecified atom stereocenters. The molecule has 0 aromatic heterocycles. The molecule has 1 aliphatic rings. The number of amides is 1. The first-order chi connectivity index (χ1) is 9.84. The summed E-state index contributed by atoms with van der Waals surface area (Å²) >= 11 is 0. The van der Waals surface area contributed by atoms with Gasteiger partial charge in [0.05, 0.1) is 0 Å². The summed E-state index contributed by atoms with van der Waals surface area (Å²) in [5, 5.41) is 3.00. The minimum absolute atomic E-state index is 0.0189. The first-order valence-electron chi connectivity index (χ1n) is 6.95. The van der Waals surface area contributed by atoms with Crippen LogP contribution in [0.1, 0.15) is 27.9 Å². The average molecular weight is 263 g/mol. The third-order valence-corrected chi connectivity index (χ3v) is 3.64. The topological polar surface area (TPSA) is 29.1 Å². The van der Waals surface area contributed by atoms with Crippen LogP contribution in [-0.4, -0.2) is 12.5 Å². The summed E-state index contributed by atoms with van der Waals surface area (Å²) in [6.45, 7) is 0.588. The lowest BCUT2D eigenvalue weighted by Gasteiger charge is -2.18. The van der Waals surface area contributed by atoms with Gasteiger partial charge < -0.3 is 5.32 Å². The van der Waals surface area contributed by atoms with Crippen molar-refractivity contribution in [3.8, 4) is 0 Å². The van der Waals surface area contributed by atoms with Crippen LogP contribution in [0.2, 0.25) is 0 Å². The lowest BCUT2D eigenvalue weighted by Crippen LogP contribution is -2.25. The van der Waals surface area contributed by atoms with Crippen LogP contribution in [0, 0.1) is 0 Å². The molecule has 0 spiro atoms. The molecule has 0 heterocycles. The maximum absolute atomic E-state index is 12.1. The normalized spacial score (nSPS) is 13.3. The van der Waals surface area contributed by atoms with E-state index in [1.54, 1.807) is 0 Å². The molecule has 1 amide bonds. The Kier molecular flexibility index (Phi) is 3.64. The van der Waals surface area contributed by atoms with Crippen molar-refractivity contribution in [1.82, 2.24) is 5.32 Å². The molecular formula is C18H17NO. The number of carbonyl (C=O) groups excluding carboxylic acids is 1. The molecular weight excluding hydrogens is 246 g/mol. The Morgan fingerprint density at radius 1 is 1.00 bits per heavy atom. The first-order valence-corrected chi connectivity index (χ1v) is 6.95. The third kappa shape index (κ3) is 2.64. The number of hydrogen-bond acceptors (Lipinski definition) is 1. The van der Waals surface area contributed by atoms with Crippen molar-refractivity contribution in [2.24, 2.45) is 0 Å². The summed E-state index contributed by atoms with van der Waals surface area (Å²) in [7, 11) is 0. The van der Waals surface area contributed by atoms with Crippen LogP contribution >= 0.6 is 0 Å². The molecule has 2 aromatic rings. The third-order valence-electron chi connectivity index (χ3n) is 3.64. The van der Waals surface area contributed by atoms with Crippen LogP contribution in [0.5, 0.6) is 0 Å². The van der Waals surface area contributed by atoms with Gasteiger partial charge in [-0.25, -0.2) is 0 Å². The molecule has 2 nitrogen and oxygen atoms in total. The summed E-state index contributed by atoms with van der Waals surface area (Å²) in [6.07, 6.45) is 4.37. The Morgan fingerprint density at radius 2 is 1.75 bits per heavy atom. The molecule has 0 radical (unpaired) electrons. The van der Waals surface area contributed by atoms with Crippen molar-refractivity contribution < 1.29 is 4.79 Å². The van der Waals surface area contributed by atoms with E-state index in [9.17, 15) is 4.79 Å². The number of aryl methyl sites for hydroxylation is 1. The minimum atomic E-state index is -0.0189. The maximum atomic E-state index is 12.1. The highest BCUT2D eigenvalue weighted by molar-refractivity contribution is 5.95. The van der Waals surface area contributed by atoms with Crippen LogP contribution in [0.4, 0.5) is 0 Å². The van der Waals surface area contributed by atoms with E-state index in [1.807, 2.05) is 30.3 Å². The fourth-order valence-corrected chi connectivity index (χ4v) is 2.60. The average Bonchev–Trinajstić information content (AvgIpc) is 2.53. The maximum Gasteiger partial charge on any atom is 0.251 e. The van der Waals surface area contributed by atoms with Crippen LogP contribution < -0.4 is 5.32 Å². The molecule has 0 aliphatic heterocycles. The fraction of sp³-hybridized carbons (Fsp3) is 0.167. The second-order valence-corrected chi connectivity index (χ2v) is 4.97. The quantitative estimate of drug-likeness (QED) is 0.903. The van der Waals surface area contributed by atoms with Crippen LogP contribution in [0.3, 0.4) is 0 Å². The van der Waals surface area contributed by atoms with E-state index in [2.05, 4.69) is 35.7 Å². The van der Waals surface area contributed by atoms with E-state index in [4.69, 9.17) is 0 Å². The van der Waals surface area contributed by atoms with Gasteiger partial charge in [0.2, 0.25) is 0 Å². The summed E-state index contributed by atoms with van der Waals surface area (Å²) in [5.74, 6) is -0.0189. The summed E-state index contributed by atoms with van der Waals surface area (Å²) in [5.41, 5.74) is 4.57. The molecule has 0 bridgehead atoms. The highest BCUT2D eigenvalue weighted by Gasteiger charge is 2.12. The number of rotatable bonds is 3. The zero-order chi connectivity index (χ0) is 13.8. The molecule has 100 valence electrons. The largest absolute Gasteiger partial charge is 0.348 e. The van der Waals surface area contributed by atoms with Gasteiger partial charge in [-0.1, -0.05) is 48.5 Å². The summed E-state index contributed by atoms with van der Waals surface area (Å²) in [6, 6.07) is 17.8. The molecule has 2 heteroatoms. The molecule has 0 saturated heterocycles. The van der Waals surface area contributed by atoms with Crippen LogP contribution in [-0.2, 0) is 6.42 Å². The smallest absolute Gasteiger partial charge is 0.251 e. The Balaban J connectivity index is 1.70. The minimum Gasteiger partial charge on any atom is -0.348 e. The lowest BCUT2D eigenvalue weighted by atomic mass is 9.91. The number of hydrogen-bond donors (Lipinski definition) is 1. The SMILES string of the molecule is O=C(NCC1=CCCc2ccccc21)c1ccccc1. The Bertz CT molecular complexity index is 643. The van der Waals surface area contributed by atoms with Gasteiger partial charge in [-0.05, 0) is 41.7 Å². The first kappa shape index (κ1) is 12.7. The molecule has 0 saturated carbocycles. The van der Waals surface area contributed by atoms with E-state index >= 15 is 0 Å². The van der Waals surface area contributed by atoms with Crippen LogP contribution in [0.25, 0.3) is 5.57 Å². The zero-order valence-electron chi connectivity index (χ0n) is 11.3. The zero-order valence-corrected chi connectivity index (χ0v) is 11.3. The number of fused-ring (bicyclic) bond motifs is 1. The van der Waals surface area contributed by atoms with Gasteiger partial charge in [-0.3, -0.25) is 4.79 Å². The standard InChI is InChI=1S/C18H17NO/c20-18(15-8-2-1-3-9-15)19-13-16-11-6-10-14-7-4-5-12-17(14)16/h1-5,7-9,11-12H,6,10,13H2,(H,19,20). The molecule has 0 atom stereocenters. The van der Waals surface area contributed by atoms with Crippen molar-refractivity contribution in [3.05, 3.63) is 77.4 Å². The van der Waals surface area contributed by atoms with Crippen molar-refractivity contribution in [2.75, 3.05) is 6.54 Å². The van der Waals surface area contributed by atoms with Gasteiger partial charge in [0.15, 0.2) is 0 Å². The molecule has 3 rings (SSSR count). The van der Waals surface area contributed by atoms with E-state index in [0.717, 1.165) is 12.8 Å². The van der Waals surface area contributed by atoms with E-state index in [0.29, 0.717) is 12.1 Å². The highest BCUT2D eigenvalue weighted by Crippen LogP contribution is 2.25. The van der Waals surface area contributed by atoms with Crippen molar-refractivity contribution in [1.29, 1.82) is 0 Å². The fourth-order valence-electron chi connectivity index (χ4n) is 2.60.